The minimum atomic E-state index is -0.271. The number of aromatic nitrogens is 1. The number of carbonyl (C=O) groups is 2. The van der Waals surface area contributed by atoms with Crippen LogP contribution >= 0.6 is 11.3 Å². The third-order valence-electron chi connectivity index (χ3n) is 4.50. The maximum Gasteiger partial charge on any atom is 0.225 e. The van der Waals surface area contributed by atoms with Gasteiger partial charge in [-0.15, -0.1) is 11.3 Å². The number of hydrogen-bond acceptors (Lipinski definition) is 4. The van der Waals surface area contributed by atoms with Crippen molar-refractivity contribution in [2.45, 2.75) is 40.3 Å². The van der Waals surface area contributed by atoms with Crippen LogP contribution in [-0.4, -0.2) is 28.2 Å². The summed E-state index contributed by atoms with van der Waals surface area (Å²) in [6.07, 6.45) is 0.290. The molecule has 1 aliphatic heterocycles. The first-order valence-corrected chi connectivity index (χ1v) is 9.28. The van der Waals surface area contributed by atoms with Crippen LogP contribution in [0.2, 0.25) is 0 Å². The number of amides is 2. The molecule has 1 aromatic carbocycles. The van der Waals surface area contributed by atoms with E-state index in [1.807, 2.05) is 45.0 Å². The van der Waals surface area contributed by atoms with Crippen molar-refractivity contribution in [3.63, 3.8) is 0 Å². The van der Waals surface area contributed by atoms with E-state index in [-0.39, 0.29) is 17.7 Å². The molecule has 6 heteroatoms. The van der Waals surface area contributed by atoms with E-state index in [0.29, 0.717) is 26.1 Å². The number of rotatable bonds is 5. The number of carbonyl (C=O) groups excluding carboxylic acids is 2. The zero-order valence-electron chi connectivity index (χ0n) is 14.8. The highest BCUT2D eigenvalue weighted by molar-refractivity contribution is 7.11. The Hall–Kier alpha value is -2.21. The summed E-state index contributed by atoms with van der Waals surface area (Å²) in [5.41, 5.74) is 3.25. The summed E-state index contributed by atoms with van der Waals surface area (Å²) in [7, 11) is 0. The van der Waals surface area contributed by atoms with Gasteiger partial charge < -0.3 is 10.2 Å². The molecule has 1 aromatic heterocycles. The molecular weight excluding hydrogens is 334 g/mol. The first kappa shape index (κ1) is 17.6. The van der Waals surface area contributed by atoms with Crippen LogP contribution in [0, 0.1) is 26.7 Å². The topological polar surface area (TPSA) is 62.3 Å². The maximum atomic E-state index is 12.4. The molecule has 0 radical (unpaired) electrons. The lowest BCUT2D eigenvalue weighted by molar-refractivity contribution is -0.129. The van der Waals surface area contributed by atoms with E-state index >= 15 is 0 Å². The van der Waals surface area contributed by atoms with Gasteiger partial charge in [-0.25, -0.2) is 4.98 Å². The van der Waals surface area contributed by atoms with Crippen molar-refractivity contribution in [3.05, 3.63) is 51.0 Å². The smallest absolute Gasteiger partial charge is 0.225 e. The molecular formula is C19H23N3O2S. The Labute approximate surface area is 152 Å². The molecule has 1 fully saturated rings. The molecule has 0 saturated carbocycles. The van der Waals surface area contributed by atoms with Gasteiger partial charge in [0, 0.05) is 24.4 Å². The van der Waals surface area contributed by atoms with Gasteiger partial charge in [-0.2, -0.15) is 0 Å². The van der Waals surface area contributed by atoms with Gasteiger partial charge in [0.2, 0.25) is 11.8 Å². The number of aryl methyl sites for hydroxylation is 3. The Morgan fingerprint density at radius 1 is 1.28 bits per heavy atom. The number of nitrogens with one attached hydrogen (secondary N) is 1. The second-order valence-electron chi connectivity index (χ2n) is 6.62. The second-order valence-corrected chi connectivity index (χ2v) is 7.91. The largest absolute Gasteiger partial charge is 0.351 e. The zero-order valence-corrected chi connectivity index (χ0v) is 15.7. The van der Waals surface area contributed by atoms with E-state index in [2.05, 4.69) is 10.3 Å². The normalized spacial score (nSPS) is 17.2. The van der Waals surface area contributed by atoms with E-state index in [9.17, 15) is 9.59 Å². The van der Waals surface area contributed by atoms with Gasteiger partial charge in [-0.05, 0) is 26.3 Å². The fourth-order valence-corrected chi connectivity index (χ4v) is 3.94. The lowest BCUT2D eigenvalue weighted by Gasteiger charge is -2.17. The third kappa shape index (κ3) is 4.25. The Morgan fingerprint density at radius 2 is 2.00 bits per heavy atom. The predicted molar refractivity (Wildman–Crippen MR) is 98.1 cm³/mol. The van der Waals surface area contributed by atoms with Gasteiger partial charge in [-0.1, -0.05) is 29.8 Å². The molecule has 0 aliphatic carbocycles. The molecule has 25 heavy (non-hydrogen) atoms. The van der Waals surface area contributed by atoms with Gasteiger partial charge in [0.05, 0.1) is 23.2 Å². The highest BCUT2D eigenvalue weighted by Crippen LogP contribution is 2.22. The van der Waals surface area contributed by atoms with Crippen LogP contribution in [0.5, 0.6) is 0 Å². The molecule has 5 nitrogen and oxygen atoms in total. The van der Waals surface area contributed by atoms with Crippen LogP contribution in [0.1, 0.15) is 33.1 Å². The molecule has 1 atom stereocenters. The molecule has 0 bridgehead atoms. The molecule has 2 heterocycles. The van der Waals surface area contributed by atoms with Gasteiger partial charge in [0.25, 0.3) is 0 Å². The average molecular weight is 357 g/mol. The van der Waals surface area contributed by atoms with Crippen molar-refractivity contribution in [3.8, 4) is 0 Å². The van der Waals surface area contributed by atoms with E-state index in [1.54, 1.807) is 16.2 Å². The minimum absolute atomic E-state index is 0.0468. The summed E-state index contributed by atoms with van der Waals surface area (Å²) < 4.78 is 0. The Balaban J connectivity index is 1.55. The molecule has 1 N–H and O–H groups in total. The SMILES string of the molecule is Cc1ccc(CN2C[C@@H](C(=O)NCc3sc(C)nc3C)CC2=O)cc1. The maximum absolute atomic E-state index is 12.4. The van der Waals surface area contributed by atoms with Crippen LogP contribution in [-0.2, 0) is 22.7 Å². The lowest BCUT2D eigenvalue weighted by atomic mass is 10.1. The quantitative estimate of drug-likeness (QED) is 0.895. The van der Waals surface area contributed by atoms with Gasteiger partial charge >= 0.3 is 0 Å². The number of thiazole rings is 1. The molecule has 2 amide bonds. The van der Waals surface area contributed by atoms with E-state index in [0.717, 1.165) is 21.1 Å². The van der Waals surface area contributed by atoms with Crippen molar-refractivity contribution >= 4 is 23.2 Å². The molecule has 0 spiro atoms. The summed E-state index contributed by atoms with van der Waals surface area (Å²) in [5.74, 6) is -0.275. The molecule has 2 aromatic rings. The van der Waals surface area contributed by atoms with Crippen LogP contribution in [0.4, 0.5) is 0 Å². The highest BCUT2D eigenvalue weighted by Gasteiger charge is 2.34. The highest BCUT2D eigenvalue weighted by atomic mass is 32.1. The van der Waals surface area contributed by atoms with Crippen LogP contribution in [0.3, 0.4) is 0 Å². The number of benzene rings is 1. The predicted octanol–water partition coefficient (Wildman–Crippen LogP) is 2.73. The van der Waals surface area contributed by atoms with Crippen molar-refractivity contribution in [1.29, 1.82) is 0 Å². The van der Waals surface area contributed by atoms with Gasteiger partial charge in [0.15, 0.2) is 0 Å². The van der Waals surface area contributed by atoms with Gasteiger partial charge in [0.1, 0.15) is 0 Å². The van der Waals surface area contributed by atoms with Crippen molar-refractivity contribution in [2.24, 2.45) is 5.92 Å². The lowest BCUT2D eigenvalue weighted by Crippen LogP contribution is -2.32. The van der Waals surface area contributed by atoms with Crippen molar-refractivity contribution in [1.82, 2.24) is 15.2 Å². The van der Waals surface area contributed by atoms with E-state index in [4.69, 9.17) is 0 Å². The number of likely N-dealkylation sites (tertiary alicyclic amines) is 1. The average Bonchev–Trinajstić information content (AvgIpc) is 3.09. The third-order valence-corrected chi connectivity index (χ3v) is 5.57. The number of hydrogen-bond donors (Lipinski definition) is 1. The Kier molecular flexibility index (Phi) is 5.18. The van der Waals surface area contributed by atoms with Gasteiger partial charge in [-0.3, -0.25) is 9.59 Å². The molecule has 0 unspecified atom stereocenters. The molecule has 1 aliphatic rings. The Bertz CT molecular complexity index is 782. The van der Waals surface area contributed by atoms with E-state index in [1.165, 1.54) is 5.56 Å². The monoisotopic (exact) mass is 357 g/mol. The van der Waals surface area contributed by atoms with Crippen LogP contribution in [0.15, 0.2) is 24.3 Å². The minimum Gasteiger partial charge on any atom is -0.351 e. The van der Waals surface area contributed by atoms with Crippen molar-refractivity contribution < 1.29 is 9.59 Å². The fourth-order valence-electron chi connectivity index (χ4n) is 3.06. The zero-order chi connectivity index (χ0) is 18.0. The second kappa shape index (κ2) is 7.35. The van der Waals surface area contributed by atoms with Crippen molar-refractivity contribution in [2.75, 3.05) is 6.54 Å². The number of nitrogens with zero attached hydrogens (tertiary/aromatic N) is 2. The molecule has 3 rings (SSSR count). The van der Waals surface area contributed by atoms with E-state index < -0.39 is 0 Å². The first-order chi connectivity index (χ1) is 11.9. The van der Waals surface area contributed by atoms with Crippen LogP contribution in [0.25, 0.3) is 0 Å². The standard InChI is InChI=1S/C19H23N3O2S/c1-12-4-6-15(7-5-12)10-22-11-16(8-18(22)23)19(24)20-9-17-13(2)21-14(3)25-17/h4-7,16H,8-11H2,1-3H3,(H,20,24)/t16-/m0/s1. The van der Waals surface area contributed by atoms with Crippen LogP contribution < -0.4 is 5.32 Å². The first-order valence-electron chi connectivity index (χ1n) is 8.46. The summed E-state index contributed by atoms with van der Waals surface area (Å²) in [5, 5.41) is 3.96. The summed E-state index contributed by atoms with van der Waals surface area (Å²) in [4.78, 5) is 31.9. The molecule has 1 saturated heterocycles. The molecule has 132 valence electrons. The summed E-state index contributed by atoms with van der Waals surface area (Å²) in [6, 6.07) is 8.15. The summed E-state index contributed by atoms with van der Waals surface area (Å²) >= 11 is 1.60. The fraction of sp³-hybridized carbons (Fsp3) is 0.421. The summed E-state index contributed by atoms with van der Waals surface area (Å²) in [6.45, 7) is 7.49. The Morgan fingerprint density at radius 3 is 2.64 bits per heavy atom.